The van der Waals surface area contributed by atoms with Gasteiger partial charge in [0.05, 0.1) is 12.5 Å². The zero-order valence-corrected chi connectivity index (χ0v) is 10.3. The number of likely N-dealkylation sites (tertiary alicyclic amines) is 1. The van der Waals surface area contributed by atoms with Gasteiger partial charge in [-0.25, -0.2) is 0 Å². The molecule has 6 nitrogen and oxygen atoms in total. The van der Waals surface area contributed by atoms with E-state index in [1.165, 1.54) is 12.8 Å². The lowest BCUT2D eigenvalue weighted by Crippen LogP contribution is -2.47. The van der Waals surface area contributed by atoms with E-state index in [4.69, 9.17) is 11.5 Å². The molecule has 0 aromatic rings. The van der Waals surface area contributed by atoms with E-state index in [1.807, 2.05) is 0 Å². The predicted molar refractivity (Wildman–Crippen MR) is 65.1 cm³/mol. The van der Waals surface area contributed by atoms with Crippen LogP contribution in [0.25, 0.3) is 0 Å². The van der Waals surface area contributed by atoms with E-state index in [0.29, 0.717) is 12.6 Å². The summed E-state index contributed by atoms with van der Waals surface area (Å²) in [5.74, 6) is -0.866. The minimum absolute atomic E-state index is 0.107. The highest BCUT2D eigenvalue weighted by atomic mass is 16.2. The molecule has 0 bridgehead atoms. The average Bonchev–Trinajstić information content (AvgIpc) is 2.77. The molecule has 98 valence electrons. The number of carbonyl (C=O) groups excluding carboxylic acids is 2. The van der Waals surface area contributed by atoms with Crippen molar-refractivity contribution in [3.63, 3.8) is 0 Å². The van der Waals surface area contributed by atoms with Crippen LogP contribution in [0, 0.1) is 0 Å². The van der Waals surface area contributed by atoms with Crippen LogP contribution >= 0.6 is 0 Å². The van der Waals surface area contributed by atoms with Crippen LogP contribution in [-0.4, -0.2) is 48.4 Å². The largest absolute Gasteiger partial charge is 0.370 e. The first kappa shape index (κ1) is 13.9. The molecule has 1 fully saturated rings. The fourth-order valence-electron chi connectivity index (χ4n) is 2.00. The van der Waals surface area contributed by atoms with Gasteiger partial charge in [-0.15, -0.1) is 0 Å². The van der Waals surface area contributed by atoms with E-state index in [0.717, 1.165) is 13.1 Å². The van der Waals surface area contributed by atoms with Crippen molar-refractivity contribution < 1.29 is 9.59 Å². The second-order valence-electron chi connectivity index (χ2n) is 4.61. The lowest BCUT2D eigenvalue weighted by molar-refractivity contribution is -0.126. The van der Waals surface area contributed by atoms with Crippen molar-refractivity contribution in [2.45, 2.75) is 38.3 Å². The maximum atomic E-state index is 11.5. The van der Waals surface area contributed by atoms with Gasteiger partial charge in [-0.05, 0) is 32.9 Å². The topological polar surface area (TPSA) is 101 Å². The van der Waals surface area contributed by atoms with Gasteiger partial charge in [0.25, 0.3) is 0 Å². The number of nitrogens with one attached hydrogen (secondary N) is 1. The molecular formula is C11H22N4O2. The molecule has 0 aromatic heterocycles. The Balaban J connectivity index is 2.24. The van der Waals surface area contributed by atoms with Crippen LogP contribution in [-0.2, 0) is 9.59 Å². The second kappa shape index (κ2) is 6.56. The number of carbonyl (C=O) groups is 2. The van der Waals surface area contributed by atoms with E-state index in [1.54, 1.807) is 0 Å². The summed E-state index contributed by atoms with van der Waals surface area (Å²) in [6.07, 6.45) is 2.34. The van der Waals surface area contributed by atoms with Crippen molar-refractivity contribution in [1.29, 1.82) is 0 Å². The predicted octanol–water partition coefficient (Wildman–Crippen LogP) is -1.21. The normalized spacial score (nSPS) is 19.9. The fourth-order valence-corrected chi connectivity index (χ4v) is 2.00. The Bertz CT molecular complexity index is 277. The molecule has 6 heteroatoms. The SMILES string of the molecule is CC(CNC(=O)C(N)CC(N)=O)N1CCCC1. The third-order valence-electron chi connectivity index (χ3n) is 3.09. The molecule has 2 unspecified atom stereocenters. The molecule has 2 atom stereocenters. The smallest absolute Gasteiger partial charge is 0.237 e. The summed E-state index contributed by atoms with van der Waals surface area (Å²) in [7, 11) is 0. The molecule has 2 amide bonds. The Hall–Kier alpha value is -1.14. The number of hydrogen-bond donors (Lipinski definition) is 3. The first-order valence-electron chi connectivity index (χ1n) is 6.06. The molecule has 0 radical (unpaired) electrons. The van der Waals surface area contributed by atoms with Crippen LogP contribution in [0.2, 0.25) is 0 Å². The van der Waals surface area contributed by atoms with Gasteiger partial charge in [0.15, 0.2) is 0 Å². The minimum Gasteiger partial charge on any atom is -0.370 e. The first-order chi connectivity index (χ1) is 8.00. The van der Waals surface area contributed by atoms with Crippen LogP contribution in [0.5, 0.6) is 0 Å². The highest BCUT2D eigenvalue weighted by molar-refractivity contribution is 5.87. The first-order valence-corrected chi connectivity index (χ1v) is 6.06. The zero-order chi connectivity index (χ0) is 12.8. The molecule has 1 rings (SSSR count). The van der Waals surface area contributed by atoms with Crippen LogP contribution in [0.4, 0.5) is 0 Å². The van der Waals surface area contributed by atoms with E-state index >= 15 is 0 Å². The van der Waals surface area contributed by atoms with E-state index in [2.05, 4.69) is 17.1 Å². The number of hydrogen-bond acceptors (Lipinski definition) is 4. The summed E-state index contributed by atoms with van der Waals surface area (Å²) >= 11 is 0. The minimum atomic E-state index is -0.835. The highest BCUT2D eigenvalue weighted by Crippen LogP contribution is 2.10. The molecular weight excluding hydrogens is 220 g/mol. The lowest BCUT2D eigenvalue weighted by atomic mass is 10.2. The molecule has 0 saturated carbocycles. The molecule has 1 aliphatic heterocycles. The number of rotatable bonds is 6. The number of nitrogens with zero attached hydrogens (tertiary/aromatic N) is 1. The molecule has 17 heavy (non-hydrogen) atoms. The van der Waals surface area contributed by atoms with Crippen molar-refractivity contribution in [3.05, 3.63) is 0 Å². The molecule has 1 heterocycles. The zero-order valence-electron chi connectivity index (χ0n) is 10.3. The summed E-state index contributed by atoms with van der Waals surface area (Å²) in [6, 6.07) is -0.527. The van der Waals surface area contributed by atoms with Crippen LogP contribution in [0.1, 0.15) is 26.2 Å². The highest BCUT2D eigenvalue weighted by Gasteiger charge is 2.20. The molecule has 5 N–H and O–H groups in total. The Morgan fingerprint density at radius 2 is 1.94 bits per heavy atom. The van der Waals surface area contributed by atoms with Crippen molar-refractivity contribution in [3.8, 4) is 0 Å². The summed E-state index contributed by atoms with van der Waals surface area (Å²) in [6.45, 7) is 4.81. The maximum Gasteiger partial charge on any atom is 0.237 e. The van der Waals surface area contributed by atoms with Crippen LogP contribution < -0.4 is 16.8 Å². The van der Waals surface area contributed by atoms with Gasteiger partial charge >= 0.3 is 0 Å². The molecule has 0 spiro atoms. The van der Waals surface area contributed by atoms with Crippen molar-refractivity contribution in [2.75, 3.05) is 19.6 Å². The maximum absolute atomic E-state index is 11.5. The Kier molecular flexibility index (Phi) is 5.37. The third kappa shape index (κ3) is 4.70. The Morgan fingerprint density at radius 3 is 2.47 bits per heavy atom. The fraction of sp³-hybridized carbons (Fsp3) is 0.818. The average molecular weight is 242 g/mol. The summed E-state index contributed by atoms with van der Waals surface area (Å²) in [5.41, 5.74) is 10.5. The lowest BCUT2D eigenvalue weighted by Gasteiger charge is -2.24. The van der Waals surface area contributed by atoms with Gasteiger partial charge in [0.1, 0.15) is 0 Å². The van der Waals surface area contributed by atoms with Gasteiger partial charge in [0, 0.05) is 12.6 Å². The molecule has 1 aliphatic rings. The van der Waals surface area contributed by atoms with Crippen LogP contribution in [0.3, 0.4) is 0 Å². The van der Waals surface area contributed by atoms with E-state index in [9.17, 15) is 9.59 Å². The molecule has 0 aliphatic carbocycles. The van der Waals surface area contributed by atoms with Crippen molar-refractivity contribution in [1.82, 2.24) is 10.2 Å². The second-order valence-corrected chi connectivity index (χ2v) is 4.61. The Morgan fingerprint density at radius 1 is 1.35 bits per heavy atom. The quantitative estimate of drug-likeness (QED) is 0.544. The molecule has 0 aromatic carbocycles. The van der Waals surface area contributed by atoms with E-state index < -0.39 is 11.9 Å². The van der Waals surface area contributed by atoms with Gasteiger partial charge in [-0.3, -0.25) is 14.5 Å². The molecule has 1 saturated heterocycles. The summed E-state index contributed by atoms with van der Waals surface area (Å²) in [5, 5.41) is 2.75. The van der Waals surface area contributed by atoms with Gasteiger partial charge in [0.2, 0.25) is 11.8 Å². The number of primary amides is 1. The number of amides is 2. The standard InChI is InChI=1S/C11H22N4O2/c1-8(15-4-2-3-5-15)7-14-11(17)9(12)6-10(13)16/h8-9H,2-7,12H2,1H3,(H2,13,16)(H,14,17). The van der Waals surface area contributed by atoms with Gasteiger partial charge in [-0.1, -0.05) is 0 Å². The van der Waals surface area contributed by atoms with Gasteiger partial charge < -0.3 is 16.8 Å². The van der Waals surface area contributed by atoms with E-state index in [-0.39, 0.29) is 12.3 Å². The third-order valence-corrected chi connectivity index (χ3v) is 3.09. The monoisotopic (exact) mass is 242 g/mol. The summed E-state index contributed by atoms with van der Waals surface area (Å²) in [4.78, 5) is 24.5. The van der Waals surface area contributed by atoms with Crippen molar-refractivity contribution >= 4 is 11.8 Å². The number of nitrogens with two attached hydrogens (primary N) is 2. The van der Waals surface area contributed by atoms with Crippen LogP contribution in [0.15, 0.2) is 0 Å². The van der Waals surface area contributed by atoms with Crippen molar-refractivity contribution in [2.24, 2.45) is 11.5 Å². The van der Waals surface area contributed by atoms with Gasteiger partial charge in [-0.2, -0.15) is 0 Å². The summed E-state index contributed by atoms with van der Waals surface area (Å²) < 4.78 is 0. The Labute approximate surface area is 102 Å².